The Morgan fingerprint density at radius 2 is 1.86 bits per heavy atom. The maximum Gasteiger partial charge on any atom is 0.244 e. The van der Waals surface area contributed by atoms with Crippen LogP contribution in [0.5, 0.6) is 5.75 Å². The molecule has 0 saturated heterocycles. The highest BCUT2D eigenvalue weighted by Crippen LogP contribution is 2.28. The average Bonchev–Trinajstić information content (AvgIpc) is 3.07. The van der Waals surface area contributed by atoms with Gasteiger partial charge in [-0.3, -0.25) is 4.79 Å². The number of methoxy groups -OCH3 is 1. The molecule has 0 unspecified atom stereocenters. The van der Waals surface area contributed by atoms with Gasteiger partial charge in [-0.15, -0.1) is 0 Å². The number of aromatic nitrogens is 2. The highest BCUT2D eigenvalue weighted by molar-refractivity contribution is 9.10. The van der Waals surface area contributed by atoms with E-state index < -0.39 is 0 Å². The normalized spacial score (nSPS) is 10.8. The van der Waals surface area contributed by atoms with Crippen molar-refractivity contribution in [2.24, 2.45) is 0 Å². The molecule has 4 rings (SSSR count). The van der Waals surface area contributed by atoms with Gasteiger partial charge in [0.15, 0.2) is 0 Å². The Morgan fingerprint density at radius 3 is 2.68 bits per heavy atom. The minimum atomic E-state index is -0.149. The van der Waals surface area contributed by atoms with Crippen molar-refractivity contribution in [3.05, 3.63) is 77.3 Å². The molecule has 0 bridgehead atoms. The van der Waals surface area contributed by atoms with Crippen molar-refractivity contribution in [1.29, 1.82) is 0 Å². The van der Waals surface area contributed by atoms with Gasteiger partial charge in [-0.1, -0.05) is 52.3 Å². The minimum absolute atomic E-state index is 0.139. The van der Waals surface area contributed by atoms with E-state index in [0.29, 0.717) is 11.4 Å². The molecule has 0 saturated carbocycles. The van der Waals surface area contributed by atoms with E-state index in [1.54, 1.807) is 7.11 Å². The Kier molecular flexibility index (Phi) is 5.12. The Bertz CT molecular complexity index is 1150. The van der Waals surface area contributed by atoms with Crippen molar-refractivity contribution in [2.45, 2.75) is 6.54 Å². The van der Waals surface area contributed by atoms with Gasteiger partial charge in [0.1, 0.15) is 18.1 Å². The maximum absolute atomic E-state index is 12.8. The summed E-state index contributed by atoms with van der Waals surface area (Å²) >= 11 is 3.51. The van der Waals surface area contributed by atoms with E-state index in [0.717, 1.165) is 26.9 Å². The number of para-hydroxylation sites is 4. The second kappa shape index (κ2) is 7.86. The molecule has 1 amide bonds. The molecule has 4 aromatic rings. The highest BCUT2D eigenvalue weighted by atomic mass is 79.9. The van der Waals surface area contributed by atoms with Crippen molar-refractivity contribution < 1.29 is 9.53 Å². The van der Waals surface area contributed by atoms with Crippen LogP contribution < -0.4 is 10.1 Å². The fourth-order valence-corrected chi connectivity index (χ4v) is 3.56. The van der Waals surface area contributed by atoms with Gasteiger partial charge < -0.3 is 14.6 Å². The first kappa shape index (κ1) is 18.3. The molecule has 0 aliphatic carbocycles. The topological polar surface area (TPSA) is 56.1 Å². The predicted octanol–water partition coefficient (Wildman–Crippen LogP) is 5.11. The Balaban J connectivity index is 1.71. The lowest BCUT2D eigenvalue weighted by molar-refractivity contribution is -0.116. The summed E-state index contributed by atoms with van der Waals surface area (Å²) in [6.45, 7) is 0.139. The SMILES string of the molecule is COc1ccccc1NC(=O)Cn1c(-c2cccc(Br)c2)nc2ccccc21. The molecular weight excluding hydrogens is 418 g/mol. The largest absolute Gasteiger partial charge is 0.495 e. The third-order valence-corrected chi connectivity index (χ3v) is 4.91. The zero-order valence-electron chi connectivity index (χ0n) is 15.2. The first-order chi connectivity index (χ1) is 13.7. The Hall–Kier alpha value is -3.12. The van der Waals surface area contributed by atoms with Gasteiger partial charge >= 0.3 is 0 Å². The minimum Gasteiger partial charge on any atom is -0.495 e. The zero-order chi connectivity index (χ0) is 19.5. The molecule has 1 aromatic heterocycles. The first-order valence-corrected chi connectivity index (χ1v) is 9.59. The fourth-order valence-electron chi connectivity index (χ4n) is 3.16. The summed E-state index contributed by atoms with van der Waals surface area (Å²) in [5.74, 6) is 1.22. The van der Waals surface area contributed by atoms with Gasteiger partial charge in [0.05, 0.1) is 23.8 Å². The standard InChI is InChI=1S/C22H18BrN3O2/c1-28-20-12-5-3-10-18(20)24-21(27)14-26-19-11-4-2-9-17(19)25-22(26)15-7-6-8-16(23)13-15/h2-13H,14H2,1H3,(H,24,27). The molecule has 3 aromatic carbocycles. The van der Waals surface area contributed by atoms with Crippen LogP contribution in [-0.4, -0.2) is 22.6 Å². The summed E-state index contributed by atoms with van der Waals surface area (Å²) in [5, 5.41) is 2.93. The van der Waals surface area contributed by atoms with Crippen molar-refractivity contribution in [3.63, 3.8) is 0 Å². The van der Waals surface area contributed by atoms with Crippen LogP contribution in [0.4, 0.5) is 5.69 Å². The number of amides is 1. The van der Waals surface area contributed by atoms with Crippen LogP contribution in [0.15, 0.2) is 77.3 Å². The number of hydrogen-bond donors (Lipinski definition) is 1. The van der Waals surface area contributed by atoms with Crippen LogP contribution >= 0.6 is 15.9 Å². The molecule has 0 spiro atoms. The number of nitrogens with zero attached hydrogens (tertiary/aromatic N) is 2. The first-order valence-electron chi connectivity index (χ1n) is 8.80. The summed E-state index contributed by atoms with van der Waals surface area (Å²) in [7, 11) is 1.58. The number of nitrogens with one attached hydrogen (secondary N) is 1. The molecule has 6 heteroatoms. The van der Waals surface area contributed by atoms with E-state index in [1.165, 1.54) is 0 Å². The molecule has 1 N–H and O–H groups in total. The number of halogens is 1. The number of carbonyl (C=O) groups is 1. The van der Waals surface area contributed by atoms with E-state index in [9.17, 15) is 4.79 Å². The molecule has 1 heterocycles. The molecule has 0 aliphatic rings. The van der Waals surface area contributed by atoms with Gasteiger partial charge in [0.2, 0.25) is 5.91 Å². The number of fused-ring (bicyclic) bond motifs is 1. The van der Waals surface area contributed by atoms with E-state index in [-0.39, 0.29) is 12.5 Å². The molecular formula is C22H18BrN3O2. The monoisotopic (exact) mass is 435 g/mol. The molecule has 0 atom stereocenters. The van der Waals surface area contributed by atoms with Gasteiger partial charge in [0, 0.05) is 10.0 Å². The van der Waals surface area contributed by atoms with E-state index in [1.807, 2.05) is 77.4 Å². The van der Waals surface area contributed by atoms with E-state index >= 15 is 0 Å². The number of imidazole rings is 1. The van der Waals surface area contributed by atoms with Crippen LogP contribution in [0, 0.1) is 0 Å². The molecule has 0 radical (unpaired) electrons. The molecule has 28 heavy (non-hydrogen) atoms. The highest BCUT2D eigenvalue weighted by Gasteiger charge is 2.16. The van der Waals surface area contributed by atoms with Crippen LogP contribution in [-0.2, 0) is 11.3 Å². The number of ether oxygens (including phenoxy) is 1. The van der Waals surface area contributed by atoms with Gasteiger partial charge in [-0.25, -0.2) is 4.98 Å². The van der Waals surface area contributed by atoms with Gasteiger partial charge in [0.25, 0.3) is 0 Å². The zero-order valence-corrected chi connectivity index (χ0v) is 16.8. The van der Waals surface area contributed by atoms with Crippen LogP contribution in [0.25, 0.3) is 22.4 Å². The smallest absolute Gasteiger partial charge is 0.244 e. The van der Waals surface area contributed by atoms with Gasteiger partial charge in [-0.2, -0.15) is 0 Å². The molecule has 0 fully saturated rings. The number of hydrogen-bond acceptors (Lipinski definition) is 3. The second-order valence-electron chi connectivity index (χ2n) is 6.27. The molecule has 0 aliphatic heterocycles. The molecule has 5 nitrogen and oxygen atoms in total. The predicted molar refractivity (Wildman–Crippen MR) is 114 cm³/mol. The van der Waals surface area contributed by atoms with Crippen molar-refractivity contribution in [2.75, 3.05) is 12.4 Å². The summed E-state index contributed by atoms with van der Waals surface area (Å²) in [6.07, 6.45) is 0. The lowest BCUT2D eigenvalue weighted by atomic mass is 10.2. The van der Waals surface area contributed by atoms with Crippen LogP contribution in [0.1, 0.15) is 0 Å². The van der Waals surface area contributed by atoms with Crippen molar-refractivity contribution >= 4 is 38.6 Å². The van der Waals surface area contributed by atoms with Gasteiger partial charge in [-0.05, 0) is 36.4 Å². The maximum atomic E-state index is 12.8. The number of carbonyl (C=O) groups excluding carboxylic acids is 1. The Labute approximate surface area is 171 Å². The van der Waals surface area contributed by atoms with Crippen LogP contribution in [0.3, 0.4) is 0 Å². The summed E-state index contributed by atoms with van der Waals surface area (Å²) < 4.78 is 8.21. The Morgan fingerprint density at radius 1 is 1.07 bits per heavy atom. The number of anilines is 1. The lowest BCUT2D eigenvalue weighted by Gasteiger charge is -2.12. The number of rotatable bonds is 5. The lowest BCUT2D eigenvalue weighted by Crippen LogP contribution is -2.19. The third-order valence-electron chi connectivity index (χ3n) is 4.42. The van der Waals surface area contributed by atoms with E-state index in [4.69, 9.17) is 9.72 Å². The van der Waals surface area contributed by atoms with Crippen LogP contribution in [0.2, 0.25) is 0 Å². The molecule has 140 valence electrons. The van der Waals surface area contributed by atoms with E-state index in [2.05, 4.69) is 21.2 Å². The number of benzene rings is 3. The second-order valence-corrected chi connectivity index (χ2v) is 7.18. The van der Waals surface area contributed by atoms with Crippen molar-refractivity contribution in [3.8, 4) is 17.1 Å². The summed E-state index contributed by atoms with van der Waals surface area (Å²) in [5.41, 5.74) is 3.34. The van der Waals surface area contributed by atoms with Crippen molar-refractivity contribution in [1.82, 2.24) is 9.55 Å². The summed E-state index contributed by atoms with van der Waals surface area (Å²) in [4.78, 5) is 17.6. The fraction of sp³-hybridized carbons (Fsp3) is 0.0909. The summed E-state index contributed by atoms with van der Waals surface area (Å²) in [6, 6.07) is 23.1. The third kappa shape index (κ3) is 3.64. The average molecular weight is 436 g/mol. The quantitative estimate of drug-likeness (QED) is 0.473.